The number of carbonyl (C=O) groups is 3. The average Bonchev–Trinajstić information content (AvgIpc) is 2.17. The standard InChI is InChI=1S/C11H18O5/c1-3-15-11(14)8-10(4-6-12)5-7-16-9(2)13/h6,10H,3-5,7-8H2,1-2H3. The molecule has 0 N–H and O–H groups in total. The normalized spacial score (nSPS) is 11.6. The molecular formula is C11H18O5. The summed E-state index contributed by atoms with van der Waals surface area (Å²) >= 11 is 0. The lowest BCUT2D eigenvalue weighted by molar-refractivity contribution is -0.144. The van der Waals surface area contributed by atoms with Gasteiger partial charge >= 0.3 is 11.9 Å². The number of ether oxygens (including phenoxy) is 2. The minimum Gasteiger partial charge on any atom is -0.466 e. The first-order valence-corrected chi connectivity index (χ1v) is 5.32. The van der Waals surface area contributed by atoms with Gasteiger partial charge in [-0.25, -0.2) is 0 Å². The highest BCUT2D eigenvalue weighted by atomic mass is 16.5. The molecule has 1 atom stereocenters. The van der Waals surface area contributed by atoms with Crippen molar-refractivity contribution in [2.24, 2.45) is 5.92 Å². The van der Waals surface area contributed by atoms with E-state index in [-0.39, 0.29) is 37.3 Å². The van der Waals surface area contributed by atoms with Gasteiger partial charge in [-0.15, -0.1) is 0 Å². The molecular weight excluding hydrogens is 212 g/mol. The van der Waals surface area contributed by atoms with Crippen molar-refractivity contribution in [3.63, 3.8) is 0 Å². The molecule has 0 aromatic heterocycles. The van der Waals surface area contributed by atoms with Crippen LogP contribution in [0.4, 0.5) is 0 Å². The first kappa shape index (κ1) is 14.6. The van der Waals surface area contributed by atoms with Crippen molar-refractivity contribution in [1.82, 2.24) is 0 Å². The maximum absolute atomic E-state index is 11.2. The fraction of sp³-hybridized carbons (Fsp3) is 0.727. The van der Waals surface area contributed by atoms with E-state index in [9.17, 15) is 14.4 Å². The van der Waals surface area contributed by atoms with Gasteiger partial charge in [0.1, 0.15) is 6.29 Å². The largest absolute Gasteiger partial charge is 0.466 e. The maximum Gasteiger partial charge on any atom is 0.306 e. The Balaban J connectivity index is 3.91. The van der Waals surface area contributed by atoms with Crippen LogP contribution in [-0.2, 0) is 23.9 Å². The second-order valence-corrected chi connectivity index (χ2v) is 3.41. The Labute approximate surface area is 95.1 Å². The van der Waals surface area contributed by atoms with Crippen LogP contribution in [0, 0.1) is 5.92 Å². The Bertz CT molecular complexity index is 237. The Morgan fingerprint density at radius 3 is 2.50 bits per heavy atom. The van der Waals surface area contributed by atoms with Crippen molar-refractivity contribution in [2.45, 2.75) is 33.1 Å². The van der Waals surface area contributed by atoms with Crippen molar-refractivity contribution >= 4 is 18.2 Å². The number of aldehydes is 1. The van der Waals surface area contributed by atoms with Gasteiger partial charge in [0, 0.05) is 19.8 Å². The van der Waals surface area contributed by atoms with E-state index >= 15 is 0 Å². The molecule has 0 rings (SSSR count). The molecule has 92 valence electrons. The predicted octanol–water partition coefficient (Wildman–Crippen LogP) is 1.10. The van der Waals surface area contributed by atoms with Crippen LogP contribution < -0.4 is 0 Å². The molecule has 0 bridgehead atoms. The monoisotopic (exact) mass is 230 g/mol. The number of hydrogen-bond donors (Lipinski definition) is 0. The zero-order valence-electron chi connectivity index (χ0n) is 9.73. The van der Waals surface area contributed by atoms with Gasteiger partial charge in [-0.05, 0) is 19.3 Å². The molecule has 16 heavy (non-hydrogen) atoms. The smallest absolute Gasteiger partial charge is 0.306 e. The second kappa shape index (κ2) is 8.88. The number of esters is 2. The molecule has 0 aromatic carbocycles. The van der Waals surface area contributed by atoms with E-state index in [0.29, 0.717) is 13.0 Å². The fourth-order valence-electron chi connectivity index (χ4n) is 1.26. The van der Waals surface area contributed by atoms with E-state index in [1.54, 1.807) is 6.92 Å². The van der Waals surface area contributed by atoms with Crippen LogP contribution in [0.3, 0.4) is 0 Å². The van der Waals surface area contributed by atoms with E-state index in [4.69, 9.17) is 9.47 Å². The topological polar surface area (TPSA) is 69.7 Å². The van der Waals surface area contributed by atoms with Gasteiger partial charge in [0.2, 0.25) is 0 Å². The summed E-state index contributed by atoms with van der Waals surface area (Å²) in [5, 5.41) is 0. The average molecular weight is 230 g/mol. The third kappa shape index (κ3) is 7.96. The van der Waals surface area contributed by atoms with Crippen LogP contribution in [0.25, 0.3) is 0 Å². The van der Waals surface area contributed by atoms with Gasteiger partial charge in [0.05, 0.1) is 13.2 Å². The number of hydrogen-bond acceptors (Lipinski definition) is 5. The molecule has 1 unspecified atom stereocenters. The highest BCUT2D eigenvalue weighted by Gasteiger charge is 2.14. The molecule has 5 heteroatoms. The molecule has 5 nitrogen and oxygen atoms in total. The van der Waals surface area contributed by atoms with Gasteiger partial charge in [-0.1, -0.05) is 0 Å². The zero-order chi connectivity index (χ0) is 12.4. The van der Waals surface area contributed by atoms with Crippen molar-refractivity contribution < 1.29 is 23.9 Å². The minimum absolute atomic E-state index is 0.115. The van der Waals surface area contributed by atoms with Crippen molar-refractivity contribution in [3.8, 4) is 0 Å². The van der Waals surface area contributed by atoms with Crippen LogP contribution >= 0.6 is 0 Å². The van der Waals surface area contributed by atoms with Gasteiger partial charge < -0.3 is 14.3 Å². The zero-order valence-corrected chi connectivity index (χ0v) is 9.73. The Morgan fingerprint density at radius 1 is 1.31 bits per heavy atom. The summed E-state index contributed by atoms with van der Waals surface area (Å²) in [6.07, 6.45) is 1.72. The van der Waals surface area contributed by atoms with Crippen LogP contribution in [-0.4, -0.2) is 31.4 Å². The molecule has 0 aliphatic heterocycles. The Hall–Kier alpha value is -1.39. The van der Waals surface area contributed by atoms with Gasteiger partial charge in [0.15, 0.2) is 0 Å². The third-order valence-corrected chi connectivity index (χ3v) is 2.02. The molecule has 0 amide bonds. The SMILES string of the molecule is CCOC(=O)CC(CC=O)CCOC(C)=O. The van der Waals surface area contributed by atoms with Crippen molar-refractivity contribution in [3.05, 3.63) is 0 Å². The first-order valence-electron chi connectivity index (χ1n) is 5.32. The number of rotatable bonds is 8. The van der Waals surface area contributed by atoms with Crippen molar-refractivity contribution in [2.75, 3.05) is 13.2 Å². The minimum atomic E-state index is -0.360. The molecule has 0 radical (unpaired) electrons. The summed E-state index contributed by atoms with van der Waals surface area (Å²) in [6.45, 7) is 3.61. The summed E-state index contributed by atoms with van der Waals surface area (Å²) in [5.41, 5.74) is 0. The molecule has 0 aliphatic carbocycles. The fourth-order valence-corrected chi connectivity index (χ4v) is 1.26. The van der Waals surface area contributed by atoms with E-state index in [0.717, 1.165) is 6.29 Å². The van der Waals surface area contributed by atoms with E-state index in [1.807, 2.05) is 0 Å². The maximum atomic E-state index is 11.2. The van der Waals surface area contributed by atoms with Gasteiger partial charge in [-0.3, -0.25) is 9.59 Å². The molecule has 0 spiro atoms. The highest BCUT2D eigenvalue weighted by molar-refractivity contribution is 5.70. The number of carbonyl (C=O) groups excluding carboxylic acids is 3. The summed E-state index contributed by atoms with van der Waals surface area (Å²) in [7, 11) is 0. The molecule has 0 fully saturated rings. The van der Waals surface area contributed by atoms with Crippen LogP contribution in [0.15, 0.2) is 0 Å². The highest BCUT2D eigenvalue weighted by Crippen LogP contribution is 2.13. The second-order valence-electron chi connectivity index (χ2n) is 3.41. The lowest BCUT2D eigenvalue weighted by Crippen LogP contribution is -2.15. The Kier molecular flexibility index (Phi) is 8.11. The lowest BCUT2D eigenvalue weighted by Gasteiger charge is -2.12. The van der Waals surface area contributed by atoms with Crippen molar-refractivity contribution in [1.29, 1.82) is 0 Å². The van der Waals surface area contributed by atoms with Gasteiger partial charge in [0.25, 0.3) is 0 Å². The lowest BCUT2D eigenvalue weighted by atomic mass is 9.99. The van der Waals surface area contributed by atoms with E-state index < -0.39 is 0 Å². The molecule has 0 aliphatic rings. The molecule has 0 heterocycles. The molecule has 0 saturated heterocycles. The van der Waals surface area contributed by atoms with Crippen LogP contribution in [0.5, 0.6) is 0 Å². The molecule has 0 aromatic rings. The van der Waals surface area contributed by atoms with Gasteiger partial charge in [-0.2, -0.15) is 0 Å². The van der Waals surface area contributed by atoms with E-state index in [1.165, 1.54) is 6.92 Å². The Morgan fingerprint density at radius 2 is 2.00 bits per heavy atom. The summed E-state index contributed by atoms with van der Waals surface area (Å²) < 4.78 is 9.54. The van der Waals surface area contributed by atoms with Crippen LogP contribution in [0.1, 0.15) is 33.1 Å². The third-order valence-electron chi connectivity index (χ3n) is 2.02. The summed E-state index contributed by atoms with van der Waals surface area (Å²) in [6, 6.07) is 0. The first-order chi connectivity index (χ1) is 7.60. The quantitative estimate of drug-likeness (QED) is 0.461. The predicted molar refractivity (Wildman–Crippen MR) is 56.7 cm³/mol. The molecule has 0 saturated carbocycles. The summed E-state index contributed by atoms with van der Waals surface area (Å²) in [4.78, 5) is 32.1. The van der Waals surface area contributed by atoms with E-state index in [2.05, 4.69) is 0 Å². The summed E-state index contributed by atoms with van der Waals surface area (Å²) in [5.74, 6) is -0.797. The van der Waals surface area contributed by atoms with Crippen LogP contribution in [0.2, 0.25) is 0 Å².